The second kappa shape index (κ2) is 6.59. The van der Waals surface area contributed by atoms with Crippen LogP contribution in [0.25, 0.3) is 11.0 Å². The fraction of sp³-hybridized carbons (Fsp3) is 0.562. The average Bonchev–Trinajstić information content (AvgIpc) is 2.96. The molecule has 0 spiro atoms. The highest BCUT2D eigenvalue weighted by Gasteiger charge is 2.30. The van der Waals surface area contributed by atoms with Gasteiger partial charge in [-0.3, -0.25) is 0 Å². The van der Waals surface area contributed by atoms with Crippen LogP contribution < -0.4 is 0 Å². The van der Waals surface area contributed by atoms with Crippen molar-refractivity contribution in [1.82, 2.24) is 14.3 Å². The van der Waals surface area contributed by atoms with Gasteiger partial charge in [0, 0.05) is 26.1 Å². The van der Waals surface area contributed by atoms with E-state index in [-0.39, 0.29) is 18.3 Å². The Morgan fingerprint density at radius 1 is 1.43 bits per heavy atom. The van der Waals surface area contributed by atoms with Gasteiger partial charge in [-0.2, -0.15) is 0 Å². The summed E-state index contributed by atoms with van der Waals surface area (Å²) in [5.74, 6) is 1.04. The Morgan fingerprint density at radius 2 is 2.26 bits per heavy atom. The molecule has 3 rings (SSSR count). The molecule has 0 bridgehead atoms. The van der Waals surface area contributed by atoms with E-state index in [4.69, 9.17) is 4.74 Å². The second-order valence-corrected chi connectivity index (χ2v) is 8.24. The van der Waals surface area contributed by atoms with Gasteiger partial charge in [-0.25, -0.2) is 17.7 Å². The first-order valence-corrected chi connectivity index (χ1v) is 9.53. The summed E-state index contributed by atoms with van der Waals surface area (Å²) < 4.78 is 31.2. The van der Waals surface area contributed by atoms with Gasteiger partial charge in [0.05, 0.1) is 23.4 Å². The number of nitrogens with zero attached hydrogens (tertiary/aromatic N) is 2. The van der Waals surface area contributed by atoms with Crippen LogP contribution in [0.5, 0.6) is 0 Å². The predicted octanol–water partition coefficient (Wildman–Crippen LogP) is 2.03. The summed E-state index contributed by atoms with van der Waals surface area (Å²) in [6, 6.07) is 6.11. The third-order valence-corrected chi connectivity index (χ3v) is 6.17. The summed E-state index contributed by atoms with van der Waals surface area (Å²) in [7, 11) is -1.74. The number of aryl methyl sites for hydroxylation is 1. The SMILES string of the molecule is COCCS(=O)(=O)N1CCC[C@@H](c2nc3ccc(C)cc3[nH]2)C1. The Bertz CT molecular complexity index is 785. The van der Waals surface area contributed by atoms with Crippen molar-refractivity contribution < 1.29 is 13.2 Å². The van der Waals surface area contributed by atoms with Crippen molar-refractivity contribution in [1.29, 1.82) is 0 Å². The first-order chi connectivity index (χ1) is 11.0. The first kappa shape index (κ1) is 16.4. The maximum absolute atomic E-state index is 12.4. The number of imidazole rings is 1. The molecule has 1 fully saturated rings. The number of hydrogen-bond donors (Lipinski definition) is 1. The predicted molar refractivity (Wildman–Crippen MR) is 90.0 cm³/mol. The van der Waals surface area contributed by atoms with E-state index in [9.17, 15) is 8.42 Å². The Hall–Kier alpha value is -1.44. The van der Waals surface area contributed by atoms with Crippen LogP contribution in [0.3, 0.4) is 0 Å². The molecule has 1 aliphatic rings. The molecule has 1 atom stereocenters. The van der Waals surface area contributed by atoms with E-state index in [2.05, 4.69) is 16.0 Å². The normalized spacial score (nSPS) is 20.2. The lowest BCUT2D eigenvalue weighted by Crippen LogP contribution is -2.41. The van der Waals surface area contributed by atoms with E-state index >= 15 is 0 Å². The number of H-pyrrole nitrogens is 1. The van der Waals surface area contributed by atoms with Crippen LogP contribution >= 0.6 is 0 Å². The minimum Gasteiger partial charge on any atom is -0.384 e. The van der Waals surface area contributed by atoms with E-state index < -0.39 is 10.0 Å². The van der Waals surface area contributed by atoms with Gasteiger partial charge in [0.15, 0.2) is 0 Å². The van der Waals surface area contributed by atoms with Crippen molar-refractivity contribution in [2.45, 2.75) is 25.7 Å². The number of piperidine rings is 1. The van der Waals surface area contributed by atoms with Crippen LogP contribution in [0.2, 0.25) is 0 Å². The summed E-state index contributed by atoms with van der Waals surface area (Å²) in [6.07, 6.45) is 1.81. The van der Waals surface area contributed by atoms with Crippen molar-refractivity contribution in [2.24, 2.45) is 0 Å². The second-order valence-electron chi connectivity index (χ2n) is 6.15. The van der Waals surface area contributed by atoms with Crippen LogP contribution in [-0.2, 0) is 14.8 Å². The van der Waals surface area contributed by atoms with Gasteiger partial charge in [-0.15, -0.1) is 0 Å². The summed E-state index contributed by atoms with van der Waals surface area (Å²) in [4.78, 5) is 8.02. The summed E-state index contributed by atoms with van der Waals surface area (Å²) in [5.41, 5.74) is 3.13. The lowest BCUT2D eigenvalue weighted by molar-refractivity contribution is 0.214. The standard InChI is InChI=1S/C16H23N3O3S/c1-12-5-6-14-15(10-12)18-16(17-14)13-4-3-7-19(11-13)23(20,21)9-8-22-2/h5-6,10,13H,3-4,7-9,11H2,1-2H3,(H,17,18)/t13-/m1/s1. The fourth-order valence-corrected chi connectivity index (χ4v) is 4.52. The molecule has 0 radical (unpaired) electrons. The van der Waals surface area contributed by atoms with E-state index in [0.29, 0.717) is 13.1 Å². The van der Waals surface area contributed by atoms with E-state index in [1.807, 2.05) is 19.1 Å². The molecule has 0 saturated carbocycles. The van der Waals surface area contributed by atoms with Crippen molar-refractivity contribution in [3.05, 3.63) is 29.6 Å². The van der Waals surface area contributed by atoms with Crippen LogP contribution in [-0.4, -0.2) is 55.3 Å². The fourth-order valence-electron chi connectivity index (χ4n) is 3.07. The molecule has 1 N–H and O–H groups in total. The van der Waals surface area contributed by atoms with Gasteiger partial charge in [0.25, 0.3) is 0 Å². The molecule has 0 unspecified atom stereocenters. The quantitative estimate of drug-likeness (QED) is 0.906. The van der Waals surface area contributed by atoms with Crippen molar-refractivity contribution in [3.63, 3.8) is 0 Å². The minimum absolute atomic E-state index is 0.0372. The molecule has 0 aliphatic carbocycles. The molecule has 2 aromatic rings. The number of ether oxygens (including phenoxy) is 1. The molecule has 7 heteroatoms. The van der Waals surface area contributed by atoms with E-state index in [1.54, 1.807) is 4.31 Å². The van der Waals surface area contributed by atoms with Crippen LogP contribution in [0.15, 0.2) is 18.2 Å². The first-order valence-electron chi connectivity index (χ1n) is 7.92. The Morgan fingerprint density at radius 3 is 3.04 bits per heavy atom. The third kappa shape index (κ3) is 3.57. The van der Waals surface area contributed by atoms with Crippen molar-refractivity contribution in [3.8, 4) is 0 Å². The highest BCUT2D eigenvalue weighted by molar-refractivity contribution is 7.89. The topological polar surface area (TPSA) is 75.3 Å². The van der Waals surface area contributed by atoms with Crippen molar-refractivity contribution >= 4 is 21.1 Å². The zero-order chi connectivity index (χ0) is 16.4. The monoisotopic (exact) mass is 337 g/mol. The lowest BCUT2D eigenvalue weighted by atomic mass is 9.99. The number of rotatable bonds is 5. The average molecular weight is 337 g/mol. The molecule has 1 aromatic carbocycles. The van der Waals surface area contributed by atoms with Gasteiger partial charge in [-0.05, 0) is 37.5 Å². The minimum atomic E-state index is -3.26. The maximum atomic E-state index is 12.4. The van der Waals surface area contributed by atoms with Crippen LogP contribution in [0.4, 0.5) is 0 Å². The molecule has 23 heavy (non-hydrogen) atoms. The number of sulfonamides is 1. The molecular formula is C16H23N3O3S. The number of benzene rings is 1. The lowest BCUT2D eigenvalue weighted by Gasteiger charge is -2.30. The van der Waals surface area contributed by atoms with E-state index in [1.165, 1.54) is 12.7 Å². The maximum Gasteiger partial charge on any atom is 0.216 e. The third-order valence-electron chi connectivity index (χ3n) is 4.37. The summed E-state index contributed by atoms with van der Waals surface area (Å²) >= 11 is 0. The summed E-state index contributed by atoms with van der Waals surface area (Å²) in [6.45, 7) is 3.35. The Balaban J connectivity index is 1.79. The smallest absolute Gasteiger partial charge is 0.216 e. The molecule has 1 saturated heterocycles. The van der Waals surface area contributed by atoms with Gasteiger partial charge in [-0.1, -0.05) is 6.07 Å². The highest BCUT2D eigenvalue weighted by atomic mass is 32.2. The highest BCUT2D eigenvalue weighted by Crippen LogP contribution is 2.28. The number of hydrogen-bond acceptors (Lipinski definition) is 4. The van der Waals surface area contributed by atoms with Gasteiger partial charge < -0.3 is 9.72 Å². The number of fused-ring (bicyclic) bond motifs is 1. The molecule has 1 aromatic heterocycles. The van der Waals surface area contributed by atoms with Crippen LogP contribution in [0, 0.1) is 6.92 Å². The zero-order valence-electron chi connectivity index (χ0n) is 13.6. The van der Waals surface area contributed by atoms with Gasteiger partial charge in [0.2, 0.25) is 10.0 Å². The molecule has 1 aliphatic heterocycles. The molecule has 2 heterocycles. The summed E-state index contributed by atoms with van der Waals surface area (Å²) in [5, 5.41) is 0. The molecule has 0 amide bonds. The Kier molecular flexibility index (Phi) is 4.70. The number of methoxy groups -OCH3 is 1. The largest absolute Gasteiger partial charge is 0.384 e. The Labute approximate surface area is 136 Å². The van der Waals surface area contributed by atoms with Gasteiger partial charge in [0.1, 0.15) is 5.82 Å². The van der Waals surface area contributed by atoms with Crippen molar-refractivity contribution in [2.75, 3.05) is 32.6 Å². The number of aromatic nitrogens is 2. The molecule has 6 nitrogen and oxygen atoms in total. The van der Waals surface area contributed by atoms with Gasteiger partial charge >= 0.3 is 0 Å². The number of aromatic amines is 1. The molecular weight excluding hydrogens is 314 g/mol. The van der Waals surface area contributed by atoms with E-state index in [0.717, 1.165) is 29.7 Å². The van der Waals surface area contributed by atoms with Crippen LogP contribution in [0.1, 0.15) is 30.1 Å². The zero-order valence-corrected chi connectivity index (χ0v) is 14.4. The molecule has 126 valence electrons. The number of nitrogens with one attached hydrogen (secondary N) is 1.